The molecule has 0 heterocycles. The third kappa shape index (κ3) is 6.65. The molecule has 0 unspecified atom stereocenters. The lowest BCUT2D eigenvalue weighted by Crippen LogP contribution is -2.34. The van der Waals surface area contributed by atoms with Crippen molar-refractivity contribution >= 4 is 0 Å². The Labute approximate surface area is 117 Å². The Bertz CT molecular complexity index is 402. The number of rotatable bonds is 7. The molecule has 0 radical (unpaired) electrons. The Morgan fingerprint density at radius 3 is 2.10 bits per heavy atom. The molecule has 0 aliphatic heterocycles. The van der Waals surface area contributed by atoms with Crippen LogP contribution < -0.4 is 14.8 Å². The molecule has 3 nitrogen and oxygen atoms in total. The Kier molecular flexibility index (Phi) is 5.68. The molecule has 0 aromatic heterocycles. The van der Waals surface area contributed by atoms with Gasteiger partial charge in [0.1, 0.15) is 11.5 Å². The second kappa shape index (κ2) is 6.83. The minimum Gasteiger partial charge on any atom is -0.493 e. The topological polar surface area (TPSA) is 30.5 Å². The molecule has 1 rings (SSSR count). The maximum absolute atomic E-state index is 12.0. The molecular formula is C14H20F3NO2. The van der Waals surface area contributed by atoms with E-state index in [-0.39, 0.29) is 11.2 Å². The van der Waals surface area contributed by atoms with Crippen molar-refractivity contribution in [2.24, 2.45) is 5.41 Å². The van der Waals surface area contributed by atoms with Crippen molar-refractivity contribution in [2.45, 2.75) is 27.1 Å². The van der Waals surface area contributed by atoms with Gasteiger partial charge >= 0.3 is 6.36 Å². The average molecular weight is 291 g/mol. The van der Waals surface area contributed by atoms with Gasteiger partial charge < -0.3 is 14.8 Å². The van der Waals surface area contributed by atoms with Gasteiger partial charge in [0, 0.05) is 12.0 Å². The zero-order valence-electron chi connectivity index (χ0n) is 11.9. The molecule has 1 N–H and O–H groups in total. The van der Waals surface area contributed by atoms with Crippen molar-refractivity contribution in [1.29, 1.82) is 0 Å². The van der Waals surface area contributed by atoms with Gasteiger partial charge in [0.15, 0.2) is 0 Å². The number of ether oxygens (including phenoxy) is 2. The second-order valence-electron chi connectivity index (χ2n) is 5.25. The van der Waals surface area contributed by atoms with E-state index in [9.17, 15) is 13.2 Å². The zero-order chi connectivity index (χ0) is 15.2. The molecular weight excluding hydrogens is 271 g/mol. The fourth-order valence-corrected chi connectivity index (χ4v) is 1.53. The zero-order valence-corrected chi connectivity index (χ0v) is 11.9. The third-order valence-corrected chi connectivity index (χ3v) is 2.54. The van der Waals surface area contributed by atoms with Crippen LogP contribution >= 0.6 is 0 Å². The van der Waals surface area contributed by atoms with Crippen molar-refractivity contribution in [2.75, 3.05) is 19.7 Å². The molecule has 0 saturated carbocycles. The first kappa shape index (κ1) is 16.6. The minimum absolute atomic E-state index is 0.0584. The number of alkyl halides is 3. The summed E-state index contributed by atoms with van der Waals surface area (Å²) in [5.41, 5.74) is -0.0584. The first-order valence-electron chi connectivity index (χ1n) is 6.41. The summed E-state index contributed by atoms with van der Waals surface area (Å²) in [6, 6.07) is 5.40. The molecule has 1 aromatic carbocycles. The molecule has 0 amide bonds. The summed E-state index contributed by atoms with van der Waals surface area (Å²) in [6.45, 7) is 8.29. The normalized spacial score (nSPS) is 12.3. The van der Waals surface area contributed by atoms with Crippen LogP contribution in [0.25, 0.3) is 0 Å². The number of hydrogen-bond donors (Lipinski definition) is 1. The van der Waals surface area contributed by atoms with E-state index in [1.165, 1.54) is 24.3 Å². The van der Waals surface area contributed by atoms with Gasteiger partial charge in [0.05, 0.1) is 6.61 Å². The van der Waals surface area contributed by atoms with Crippen molar-refractivity contribution in [3.8, 4) is 11.5 Å². The highest BCUT2D eigenvalue weighted by Gasteiger charge is 2.31. The highest BCUT2D eigenvalue weighted by Crippen LogP contribution is 2.25. The van der Waals surface area contributed by atoms with Crippen LogP contribution in [0.3, 0.4) is 0 Å². The minimum atomic E-state index is -4.67. The van der Waals surface area contributed by atoms with Gasteiger partial charge in [-0.3, -0.25) is 0 Å². The van der Waals surface area contributed by atoms with Gasteiger partial charge in [0.2, 0.25) is 0 Å². The molecule has 6 heteroatoms. The van der Waals surface area contributed by atoms with E-state index in [1.807, 2.05) is 6.92 Å². The van der Waals surface area contributed by atoms with Crippen molar-refractivity contribution in [3.05, 3.63) is 24.3 Å². The van der Waals surface area contributed by atoms with Crippen LogP contribution in [0.5, 0.6) is 11.5 Å². The van der Waals surface area contributed by atoms with Crippen molar-refractivity contribution in [1.82, 2.24) is 5.32 Å². The van der Waals surface area contributed by atoms with Crippen molar-refractivity contribution in [3.63, 3.8) is 0 Å². The first-order valence-corrected chi connectivity index (χ1v) is 6.41. The summed E-state index contributed by atoms with van der Waals surface area (Å²) >= 11 is 0. The maximum atomic E-state index is 12.0. The standard InChI is InChI=1S/C14H20F3NO2/c1-4-18-9-13(2,3)10-19-11-5-7-12(8-6-11)20-14(15,16)17/h5-8,18H,4,9-10H2,1-3H3. The Balaban J connectivity index is 2.49. The van der Waals surface area contributed by atoms with Gasteiger partial charge in [-0.2, -0.15) is 0 Å². The summed E-state index contributed by atoms with van der Waals surface area (Å²) in [6.07, 6.45) is -4.67. The van der Waals surface area contributed by atoms with Gasteiger partial charge in [-0.1, -0.05) is 20.8 Å². The van der Waals surface area contributed by atoms with E-state index < -0.39 is 6.36 Å². The molecule has 114 valence electrons. The molecule has 0 aliphatic rings. The number of halogens is 3. The smallest absolute Gasteiger partial charge is 0.493 e. The summed E-state index contributed by atoms with van der Waals surface area (Å²) in [4.78, 5) is 0. The fourth-order valence-electron chi connectivity index (χ4n) is 1.53. The van der Waals surface area contributed by atoms with Gasteiger partial charge in [-0.25, -0.2) is 0 Å². The summed E-state index contributed by atoms with van der Waals surface area (Å²) in [5, 5.41) is 3.23. The second-order valence-corrected chi connectivity index (χ2v) is 5.25. The van der Waals surface area contributed by atoms with E-state index in [0.29, 0.717) is 12.4 Å². The van der Waals surface area contributed by atoms with Crippen LogP contribution in [0, 0.1) is 5.41 Å². The highest BCUT2D eigenvalue weighted by molar-refractivity contribution is 5.31. The van der Waals surface area contributed by atoms with Gasteiger partial charge in [0.25, 0.3) is 0 Å². The highest BCUT2D eigenvalue weighted by atomic mass is 19.4. The molecule has 0 fully saturated rings. The quantitative estimate of drug-likeness (QED) is 0.832. The van der Waals surface area contributed by atoms with Crippen LogP contribution in [0.2, 0.25) is 0 Å². The van der Waals surface area contributed by atoms with E-state index in [4.69, 9.17) is 4.74 Å². The SMILES string of the molecule is CCNCC(C)(C)COc1ccc(OC(F)(F)F)cc1. The average Bonchev–Trinajstić information content (AvgIpc) is 2.34. The number of benzene rings is 1. The van der Waals surface area contributed by atoms with E-state index >= 15 is 0 Å². The maximum Gasteiger partial charge on any atom is 0.573 e. The molecule has 20 heavy (non-hydrogen) atoms. The van der Waals surface area contributed by atoms with E-state index in [2.05, 4.69) is 23.9 Å². The Morgan fingerprint density at radius 2 is 1.60 bits per heavy atom. The van der Waals surface area contributed by atoms with Gasteiger partial charge in [-0.15, -0.1) is 13.2 Å². The van der Waals surface area contributed by atoms with Crippen molar-refractivity contribution < 1.29 is 22.6 Å². The third-order valence-electron chi connectivity index (χ3n) is 2.54. The number of hydrogen-bond acceptors (Lipinski definition) is 3. The summed E-state index contributed by atoms with van der Waals surface area (Å²) in [7, 11) is 0. The molecule has 0 atom stereocenters. The lowest BCUT2D eigenvalue weighted by molar-refractivity contribution is -0.274. The van der Waals surface area contributed by atoms with Crippen LogP contribution in [0.1, 0.15) is 20.8 Å². The van der Waals surface area contributed by atoms with Crippen LogP contribution in [-0.2, 0) is 0 Å². The lowest BCUT2D eigenvalue weighted by atomic mass is 9.95. The summed E-state index contributed by atoms with van der Waals surface area (Å²) < 4.78 is 45.4. The molecule has 0 saturated heterocycles. The Hall–Kier alpha value is -1.43. The van der Waals surface area contributed by atoms with Crippen LogP contribution in [0.4, 0.5) is 13.2 Å². The largest absolute Gasteiger partial charge is 0.573 e. The monoisotopic (exact) mass is 291 g/mol. The van der Waals surface area contributed by atoms with Gasteiger partial charge in [-0.05, 0) is 30.8 Å². The first-order chi connectivity index (χ1) is 9.22. The van der Waals surface area contributed by atoms with Crippen LogP contribution in [-0.4, -0.2) is 26.1 Å². The number of nitrogens with one attached hydrogen (secondary N) is 1. The Morgan fingerprint density at radius 1 is 1.05 bits per heavy atom. The van der Waals surface area contributed by atoms with Crippen LogP contribution in [0.15, 0.2) is 24.3 Å². The van der Waals surface area contributed by atoms with E-state index in [0.717, 1.165) is 13.1 Å². The molecule has 1 aromatic rings. The fraction of sp³-hybridized carbons (Fsp3) is 0.571. The lowest BCUT2D eigenvalue weighted by Gasteiger charge is -2.25. The molecule has 0 bridgehead atoms. The predicted octanol–water partition coefficient (Wildman–Crippen LogP) is 3.60. The molecule has 0 aliphatic carbocycles. The molecule has 0 spiro atoms. The summed E-state index contributed by atoms with van der Waals surface area (Å²) in [5.74, 6) is 0.265. The predicted molar refractivity (Wildman–Crippen MR) is 70.9 cm³/mol. The van der Waals surface area contributed by atoms with E-state index in [1.54, 1.807) is 0 Å².